The molecule has 4 aliphatic rings. The van der Waals surface area contributed by atoms with Crippen LogP contribution in [0.5, 0.6) is 5.75 Å². The van der Waals surface area contributed by atoms with E-state index in [0.717, 1.165) is 80.7 Å². The summed E-state index contributed by atoms with van der Waals surface area (Å²) >= 11 is 0. The van der Waals surface area contributed by atoms with Crippen LogP contribution in [0.15, 0.2) is 53.7 Å². The summed E-state index contributed by atoms with van der Waals surface area (Å²) in [5.74, 6) is 1.08. The fraction of sp³-hybridized carbons (Fsp3) is 0.500. The molecule has 4 aromatic rings. The highest BCUT2D eigenvalue weighted by Crippen LogP contribution is 2.45. The summed E-state index contributed by atoms with van der Waals surface area (Å²) in [5.41, 5.74) is 7.78. The number of carbonyl (C=O) groups is 4. The number of aromatic nitrogens is 2. The molecule has 0 spiro atoms. The third-order valence-electron chi connectivity index (χ3n) is 13.5. The largest absolute Gasteiger partial charge is 0.488 e. The molecule has 0 unspecified atom stereocenters. The molecular formula is C48H59N7O9. The summed E-state index contributed by atoms with van der Waals surface area (Å²) in [4.78, 5) is 69.9. The fourth-order valence-corrected chi connectivity index (χ4v) is 10.0. The number of hydrogen-bond donors (Lipinski definition) is 3. The zero-order valence-corrected chi connectivity index (χ0v) is 37.9. The van der Waals surface area contributed by atoms with Crippen molar-refractivity contribution in [3.63, 3.8) is 0 Å². The highest BCUT2D eigenvalue weighted by molar-refractivity contribution is 6.06. The van der Waals surface area contributed by atoms with E-state index in [9.17, 15) is 19.2 Å². The molecule has 8 rings (SSSR count). The van der Waals surface area contributed by atoms with Crippen molar-refractivity contribution in [3.05, 3.63) is 65.6 Å². The standard InChI is InChI=1S/C48H59N7O9/c1-9-31-12-15-39(55(31)46(57)42(25(2)3)52-47(58)62-7)44-49-21-38(51-44)29-10-13-32-30(17-29)24-64-41-20-33-28(18-35(32)41)11-14-36-34(33)19-37(50-36)40-16-27(23-60-5)22-54(40)45(56)43(26(4)61-6)53-48(59)63-8/h10-11,13-14,17-18,20-21,25-27,31,39-40,42-43H,9,12,15-16,19,22-24H2,1-8H3,(H,49,51)(H,52,58)(H,53,59)/t26-,27+,31+,39+,40+,42+,43+/m1/s1. The van der Waals surface area contributed by atoms with E-state index in [-0.39, 0.29) is 41.8 Å². The van der Waals surface area contributed by atoms with Gasteiger partial charge in [0.05, 0.1) is 56.6 Å². The van der Waals surface area contributed by atoms with Gasteiger partial charge in [0.1, 0.15) is 30.3 Å². The average molecular weight is 878 g/mol. The number of hydrogen-bond acceptors (Lipinski definition) is 11. The Bertz CT molecular complexity index is 2470. The first-order valence-electron chi connectivity index (χ1n) is 22.2. The molecular weight excluding hydrogens is 819 g/mol. The Balaban J connectivity index is 1.02. The van der Waals surface area contributed by atoms with Gasteiger partial charge in [-0.05, 0) is 95.8 Å². The van der Waals surface area contributed by atoms with Gasteiger partial charge in [-0.3, -0.25) is 14.6 Å². The van der Waals surface area contributed by atoms with Gasteiger partial charge in [-0.1, -0.05) is 39.0 Å². The number of H-pyrrole nitrogens is 1. The van der Waals surface area contributed by atoms with Gasteiger partial charge in [-0.25, -0.2) is 14.6 Å². The maximum absolute atomic E-state index is 14.2. The zero-order valence-electron chi connectivity index (χ0n) is 37.9. The Morgan fingerprint density at radius 3 is 2.38 bits per heavy atom. The van der Waals surface area contributed by atoms with Crippen LogP contribution in [0, 0.1) is 11.8 Å². The Morgan fingerprint density at radius 2 is 1.67 bits per heavy atom. The number of amides is 4. The molecule has 0 radical (unpaired) electrons. The van der Waals surface area contributed by atoms with Crippen molar-refractivity contribution >= 4 is 46.2 Å². The van der Waals surface area contributed by atoms with Gasteiger partial charge in [0, 0.05) is 50.4 Å². The third-order valence-corrected chi connectivity index (χ3v) is 13.5. The van der Waals surface area contributed by atoms with E-state index in [0.29, 0.717) is 38.4 Å². The predicted molar refractivity (Wildman–Crippen MR) is 240 cm³/mol. The quantitative estimate of drug-likeness (QED) is 0.128. The van der Waals surface area contributed by atoms with E-state index in [1.807, 2.05) is 35.9 Å². The molecule has 340 valence electrons. The monoisotopic (exact) mass is 877 g/mol. The smallest absolute Gasteiger partial charge is 0.407 e. The van der Waals surface area contributed by atoms with Gasteiger partial charge in [-0.2, -0.15) is 0 Å². The summed E-state index contributed by atoms with van der Waals surface area (Å²) in [5, 5.41) is 7.54. The van der Waals surface area contributed by atoms with Gasteiger partial charge in [0.25, 0.3) is 0 Å². The predicted octanol–water partition coefficient (Wildman–Crippen LogP) is 6.86. The lowest BCUT2D eigenvalue weighted by atomic mass is 9.90. The molecule has 0 saturated carbocycles. The van der Waals surface area contributed by atoms with Crippen LogP contribution in [0.2, 0.25) is 0 Å². The van der Waals surface area contributed by atoms with Crippen molar-refractivity contribution in [2.45, 2.75) is 103 Å². The highest BCUT2D eigenvalue weighted by atomic mass is 16.5. The number of likely N-dealkylation sites (tertiary alicyclic amines) is 2. The number of ether oxygens (including phenoxy) is 5. The summed E-state index contributed by atoms with van der Waals surface area (Å²) in [6.45, 7) is 8.99. The number of nitrogens with one attached hydrogen (secondary N) is 3. The average Bonchev–Trinajstić information content (AvgIpc) is 4.14. The zero-order chi connectivity index (χ0) is 45.4. The lowest BCUT2D eigenvalue weighted by Gasteiger charge is -2.34. The SMILES string of the molecule is CC[C@H]1CC[C@@H](c2ncc(-c3ccc4c(c3)COc3cc5c6c(ccc5cc3-4)N=C([C@@H]3C[C@H](COC)CN3C(=O)[C@@H](NC(=O)OC)[C@@H](C)OC)C6)[nH]2)N1C(=O)[C@@H](NC(=O)OC)C(C)C. The molecule has 0 aliphatic carbocycles. The number of nitrogens with zero attached hydrogens (tertiary/aromatic N) is 4. The number of aromatic amines is 1. The Kier molecular flexibility index (Phi) is 13.0. The van der Waals surface area contributed by atoms with Crippen molar-refractivity contribution < 1.29 is 42.9 Å². The molecule has 2 saturated heterocycles. The van der Waals surface area contributed by atoms with Crippen LogP contribution >= 0.6 is 0 Å². The molecule has 4 aliphatic heterocycles. The first-order chi connectivity index (χ1) is 30.9. The summed E-state index contributed by atoms with van der Waals surface area (Å²) < 4.78 is 27.2. The van der Waals surface area contributed by atoms with Gasteiger partial charge in [0.2, 0.25) is 11.8 Å². The molecule has 0 bridgehead atoms. The van der Waals surface area contributed by atoms with Crippen LogP contribution < -0.4 is 15.4 Å². The molecule has 64 heavy (non-hydrogen) atoms. The van der Waals surface area contributed by atoms with Crippen LogP contribution in [-0.2, 0) is 41.6 Å². The molecule has 4 amide bonds. The summed E-state index contributed by atoms with van der Waals surface area (Å²) in [6, 6.07) is 12.6. The minimum atomic E-state index is -0.943. The number of alkyl carbamates (subject to hydrolysis) is 2. The number of rotatable bonds is 13. The molecule has 1 aromatic heterocycles. The molecule has 3 aromatic carbocycles. The number of benzene rings is 3. The van der Waals surface area contributed by atoms with Crippen LogP contribution in [0.3, 0.4) is 0 Å². The van der Waals surface area contributed by atoms with Crippen molar-refractivity contribution in [2.75, 3.05) is 41.6 Å². The van der Waals surface area contributed by atoms with Gasteiger partial charge >= 0.3 is 12.2 Å². The van der Waals surface area contributed by atoms with E-state index >= 15 is 0 Å². The topological polar surface area (TPSA) is 186 Å². The maximum Gasteiger partial charge on any atom is 0.407 e. The molecule has 2 fully saturated rings. The van der Waals surface area contributed by atoms with Crippen molar-refractivity contribution in [2.24, 2.45) is 16.8 Å². The van der Waals surface area contributed by atoms with Gasteiger partial charge in [-0.15, -0.1) is 0 Å². The number of carbonyl (C=O) groups excluding carboxylic acids is 4. The lowest BCUT2D eigenvalue weighted by Crippen LogP contribution is -2.56. The Hall–Kier alpha value is -6.00. The number of methoxy groups -OCH3 is 4. The van der Waals surface area contributed by atoms with E-state index in [1.54, 1.807) is 14.0 Å². The summed E-state index contributed by atoms with van der Waals surface area (Å²) in [7, 11) is 5.73. The van der Waals surface area contributed by atoms with E-state index < -0.39 is 30.4 Å². The third kappa shape index (κ3) is 8.40. The Morgan fingerprint density at radius 1 is 0.906 bits per heavy atom. The second kappa shape index (κ2) is 18.6. The number of imidazole rings is 1. The van der Waals surface area contributed by atoms with Crippen molar-refractivity contribution in [1.29, 1.82) is 0 Å². The molecule has 5 heterocycles. The van der Waals surface area contributed by atoms with Crippen molar-refractivity contribution in [1.82, 2.24) is 30.4 Å². The van der Waals surface area contributed by atoms with Crippen molar-refractivity contribution in [3.8, 4) is 28.1 Å². The van der Waals surface area contributed by atoms with E-state index in [2.05, 4.69) is 58.9 Å². The van der Waals surface area contributed by atoms with E-state index in [4.69, 9.17) is 33.7 Å². The number of fused-ring (bicyclic) bond motifs is 6. The number of aliphatic imine (C=N–C) groups is 1. The van der Waals surface area contributed by atoms with Crippen LogP contribution in [-0.4, -0.2) is 121 Å². The summed E-state index contributed by atoms with van der Waals surface area (Å²) in [6.07, 6.45) is 3.54. The molecule has 16 nitrogen and oxygen atoms in total. The Labute approximate surface area is 373 Å². The normalized spacial score (nSPS) is 21.4. The molecule has 7 atom stereocenters. The highest BCUT2D eigenvalue weighted by Gasteiger charge is 2.44. The minimum Gasteiger partial charge on any atom is -0.488 e. The molecule has 3 N–H and O–H groups in total. The first kappa shape index (κ1) is 44.6. The first-order valence-corrected chi connectivity index (χ1v) is 22.2. The van der Waals surface area contributed by atoms with Crippen LogP contribution in [0.1, 0.15) is 76.4 Å². The lowest BCUT2D eigenvalue weighted by molar-refractivity contribution is -0.138. The fourth-order valence-electron chi connectivity index (χ4n) is 10.0. The minimum absolute atomic E-state index is 0.0307. The van der Waals surface area contributed by atoms with Crippen LogP contribution in [0.25, 0.3) is 33.2 Å². The second-order valence-electron chi connectivity index (χ2n) is 17.6. The maximum atomic E-state index is 14.2. The second-order valence-corrected chi connectivity index (χ2v) is 17.6. The van der Waals surface area contributed by atoms with Crippen LogP contribution in [0.4, 0.5) is 15.3 Å². The van der Waals surface area contributed by atoms with Gasteiger partial charge in [0.15, 0.2) is 0 Å². The van der Waals surface area contributed by atoms with E-state index in [1.165, 1.54) is 21.3 Å². The molecule has 16 heteroatoms. The van der Waals surface area contributed by atoms with Gasteiger partial charge < -0.3 is 49.1 Å².